The van der Waals surface area contributed by atoms with Crippen LogP contribution in [-0.2, 0) is 14.3 Å². The molecule has 5 nitrogen and oxygen atoms in total. The molecule has 0 bridgehead atoms. The van der Waals surface area contributed by atoms with Crippen LogP contribution in [0.3, 0.4) is 0 Å². The minimum absolute atomic E-state index is 0.0102. The summed E-state index contributed by atoms with van der Waals surface area (Å²) in [7, 11) is 0. The van der Waals surface area contributed by atoms with Crippen molar-refractivity contribution in [2.45, 2.75) is 78.5 Å². The quantitative estimate of drug-likeness (QED) is 0.675. The lowest BCUT2D eigenvalue weighted by Gasteiger charge is -2.34. The fraction of sp³-hybridized carbons (Fsp3) is 0.800. The minimum atomic E-state index is -0.734. The highest BCUT2D eigenvalue weighted by molar-refractivity contribution is 5.89. The summed E-state index contributed by atoms with van der Waals surface area (Å²) < 4.78 is 5.34. The van der Waals surface area contributed by atoms with Gasteiger partial charge in [0.1, 0.15) is 17.9 Å². The van der Waals surface area contributed by atoms with Crippen LogP contribution in [0.5, 0.6) is 0 Å². The Morgan fingerprint density at radius 1 is 1.25 bits per heavy atom. The molecule has 116 valence electrons. The van der Waals surface area contributed by atoms with E-state index in [2.05, 4.69) is 0 Å². The molecule has 0 radical (unpaired) electrons. The standard InChI is InChI=1S/C15H27NO4/c1-7-8-13(18)12(9-10-17)16(11(2)3)14(19)20-15(4,5)6/h10-12H,7-9H2,1-6H3. The van der Waals surface area contributed by atoms with Crippen molar-refractivity contribution in [1.29, 1.82) is 0 Å². The monoisotopic (exact) mass is 285 g/mol. The number of hydrogen-bond acceptors (Lipinski definition) is 4. The summed E-state index contributed by atoms with van der Waals surface area (Å²) in [6.07, 6.45) is 1.18. The second-order valence-corrected chi connectivity index (χ2v) is 6.12. The van der Waals surface area contributed by atoms with E-state index in [4.69, 9.17) is 4.74 Å². The zero-order chi connectivity index (χ0) is 15.9. The van der Waals surface area contributed by atoms with Gasteiger partial charge in [0, 0.05) is 18.9 Å². The molecule has 0 aromatic rings. The van der Waals surface area contributed by atoms with E-state index in [0.29, 0.717) is 19.1 Å². The van der Waals surface area contributed by atoms with Crippen molar-refractivity contribution in [3.05, 3.63) is 0 Å². The van der Waals surface area contributed by atoms with Gasteiger partial charge in [0.05, 0.1) is 0 Å². The summed E-state index contributed by atoms with van der Waals surface area (Å²) in [5.41, 5.74) is -0.635. The van der Waals surface area contributed by atoms with Crippen molar-refractivity contribution in [3.8, 4) is 0 Å². The molecule has 0 aromatic heterocycles. The average molecular weight is 285 g/mol. The van der Waals surface area contributed by atoms with Crippen molar-refractivity contribution in [3.63, 3.8) is 0 Å². The predicted octanol–water partition coefficient (Wildman–Crippen LogP) is 2.96. The smallest absolute Gasteiger partial charge is 0.411 e. The maximum atomic E-state index is 12.3. The first-order valence-corrected chi connectivity index (χ1v) is 7.11. The first kappa shape index (κ1) is 18.6. The van der Waals surface area contributed by atoms with E-state index in [9.17, 15) is 14.4 Å². The first-order chi connectivity index (χ1) is 9.14. The highest BCUT2D eigenvalue weighted by Crippen LogP contribution is 2.18. The average Bonchev–Trinajstić information content (AvgIpc) is 2.25. The van der Waals surface area contributed by atoms with E-state index in [1.165, 1.54) is 4.90 Å². The molecule has 1 amide bonds. The molecule has 0 saturated heterocycles. The van der Waals surface area contributed by atoms with Gasteiger partial charge in [0.15, 0.2) is 5.78 Å². The molecule has 1 atom stereocenters. The van der Waals surface area contributed by atoms with Crippen LogP contribution in [0.15, 0.2) is 0 Å². The Morgan fingerprint density at radius 3 is 2.15 bits per heavy atom. The number of aldehydes is 1. The van der Waals surface area contributed by atoms with E-state index >= 15 is 0 Å². The van der Waals surface area contributed by atoms with Gasteiger partial charge in [0.25, 0.3) is 0 Å². The van der Waals surface area contributed by atoms with Crippen molar-refractivity contribution in [1.82, 2.24) is 4.90 Å². The second-order valence-electron chi connectivity index (χ2n) is 6.12. The van der Waals surface area contributed by atoms with Crippen molar-refractivity contribution < 1.29 is 19.1 Å². The molecule has 0 heterocycles. The number of carbonyl (C=O) groups is 3. The summed E-state index contributed by atoms with van der Waals surface area (Å²) in [5.74, 6) is -0.0980. The maximum Gasteiger partial charge on any atom is 0.411 e. The highest BCUT2D eigenvalue weighted by Gasteiger charge is 2.33. The summed E-state index contributed by atoms with van der Waals surface area (Å²) in [6.45, 7) is 10.8. The molecule has 0 N–H and O–H groups in total. The topological polar surface area (TPSA) is 63.7 Å². The molecular formula is C15H27NO4. The highest BCUT2D eigenvalue weighted by atomic mass is 16.6. The fourth-order valence-corrected chi connectivity index (χ4v) is 1.92. The molecule has 1 unspecified atom stereocenters. The van der Waals surface area contributed by atoms with Crippen LogP contribution in [0.25, 0.3) is 0 Å². The largest absolute Gasteiger partial charge is 0.444 e. The molecule has 0 rings (SSSR count). The molecule has 0 saturated carbocycles. The second kappa shape index (κ2) is 8.02. The van der Waals surface area contributed by atoms with Gasteiger partial charge < -0.3 is 9.53 Å². The summed E-state index contributed by atoms with van der Waals surface area (Å²) in [4.78, 5) is 36.6. The molecule has 0 aliphatic carbocycles. The Balaban J connectivity index is 5.22. The predicted molar refractivity (Wildman–Crippen MR) is 77.6 cm³/mol. The third-order valence-electron chi connectivity index (χ3n) is 2.68. The van der Waals surface area contributed by atoms with Crippen LogP contribution in [0.4, 0.5) is 4.79 Å². The lowest BCUT2D eigenvalue weighted by atomic mass is 10.0. The Labute approximate surface area is 121 Å². The normalized spacial score (nSPS) is 12.9. The Kier molecular flexibility index (Phi) is 7.46. The van der Waals surface area contributed by atoms with E-state index in [0.717, 1.165) is 0 Å². The number of carbonyl (C=O) groups excluding carboxylic acids is 3. The number of hydrogen-bond donors (Lipinski definition) is 0. The zero-order valence-electron chi connectivity index (χ0n) is 13.4. The van der Waals surface area contributed by atoms with Gasteiger partial charge in [-0.25, -0.2) is 4.79 Å². The molecule has 20 heavy (non-hydrogen) atoms. The van der Waals surface area contributed by atoms with Gasteiger partial charge in [-0.3, -0.25) is 9.69 Å². The maximum absolute atomic E-state index is 12.3. The summed E-state index contributed by atoms with van der Waals surface area (Å²) in [6, 6.07) is -0.946. The van der Waals surface area contributed by atoms with Gasteiger partial charge in [-0.1, -0.05) is 6.92 Å². The van der Waals surface area contributed by atoms with Crippen LogP contribution < -0.4 is 0 Å². The van der Waals surface area contributed by atoms with Crippen LogP contribution in [0.1, 0.15) is 60.8 Å². The first-order valence-electron chi connectivity index (χ1n) is 7.11. The number of nitrogens with zero attached hydrogens (tertiary/aromatic N) is 1. The third-order valence-corrected chi connectivity index (χ3v) is 2.68. The van der Waals surface area contributed by atoms with Crippen molar-refractivity contribution in [2.75, 3.05) is 0 Å². The lowest BCUT2D eigenvalue weighted by Crippen LogP contribution is -2.50. The molecule has 0 aromatic carbocycles. The van der Waals surface area contributed by atoms with E-state index < -0.39 is 17.7 Å². The third kappa shape index (κ3) is 6.17. The van der Waals surface area contributed by atoms with E-state index in [-0.39, 0.29) is 18.2 Å². The molecular weight excluding hydrogens is 258 g/mol. The van der Waals surface area contributed by atoms with Crippen molar-refractivity contribution in [2.24, 2.45) is 0 Å². The number of amides is 1. The molecule has 0 aliphatic rings. The van der Waals surface area contributed by atoms with Gasteiger partial charge in [-0.05, 0) is 41.0 Å². The van der Waals surface area contributed by atoms with Crippen LogP contribution in [0, 0.1) is 0 Å². The Bertz CT molecular complexity index is 344. The number of ether oxygens (including phenoxy) is 1. The number of rotatable bonds is 7. The summed E-state index contributed by atoms with van der Waals surface area (Å²) >= 11 is 0. The van der Waals surface area contributed by atoms with Gasteiger partial charge >= 0.3 is 6.09 Å². The SMILES string of the molecule is CCCC(=O)C(CC=O)N(C(=O)OC(C)(C)C)C(C)C. The van der Waals surface area contributed by atoms with Crippen LogP contribution in [0.2, 0.25) is 0 Å². The van der Waals surface area contributed by atoms with Crippen LogP contribution >= 0.6 is 0 Å². The zero-order valence-corrected chi connectivity index (χ0v) is 13.4. The van der Waals surface area contributed by atoms with Gasteiger partial charge in [-0.15, -0.1) is 0 Å². The van der Waals surface area contributed by atoms with E-state index in [1.807, 2.05) is 6.92 Å². The lowest BCUT2D eigenvalue weighted by molar-refractivity contribution is -0.127. The molecule has 0 fully saturated rings. The number of Topliss-reactive ketones (excluding diaryl/α,β-unsaturated/α-hetero) is 1. The molecule has 0 aliphatic heterocycles. The van der Waals surface area contributed by atoms with E-state index in [1.54, 1.807) is 34.6 Å². The van der Waals surface area contributed by atoms with Crippen LogP contribution in [-0.4, -0.2) is 40.7 Å². The van der Waals surface area contributed by atoms with Gasteiger partial charge in [-0.2, -0.15) is 0 Å². The molecule has 5 heteroatoms. The fourth-order valence-electron chi connectivity index (χ4n) is 1.92. The Morgan fingerprint density at radius 2 is 1.80 bits per heavy atom. The Hall–Kier alpha value is -1.39. The van der Waals surface area contributed by atoms with Gasteiger partial charge in [0.2, 0.25) is 0 Å². The molecule has 0 spiro atoms. The summed E-state index contributed by atoms with van der Waals surface area (Å²) in [5, 5.41) is 0. The number of ketones is 1. The minimum Gasteiger partial charge on any atom is -0.444 e. The van der Waals surface area contributed by atoms with Crippen molar-refractivity contribution >= 4 is 18.2 Å².